The van der Waals surface area contributed by atoms with E-state index >= 15 is 0 Å². The lowest BCUT2D eigenvalue weighted by Gasteiger charge is -2.04. The highest BCUT2D eigenvalue weighted by atomic mass is 16.5. The molecule has 0 bridgehead atoms. The molecule has 0 aliphatic carbocycles. The molecule has 0 unspecified atom stereocenters. The molecule has 1 amide bonds. The molecular weight excluding hydrogens is 268 g/mol. The lowest BCUT2D eigenvalue weighted by atomic mass is 10.1. The maximum atomic E-state index is 11.5. The quantitative estimate of drug-likeness (QED) is 0.767. The normalized spacial score (nSPS) is 10.5. The van der Waals surface area contributed by atoms with Crippen molar-refractivity contribution >= 4 is 22.8 Å². The number of carbonyl (C=O) groups excluding carboxylic acids is 2. The maximum Gasteiger partial charge on any atom is 0.306 e. The highest BCUT2D eigenvalue weighted by Gasteiger charge is 2.08. The van der Waals surface area contributed by atoms with E-state index in [0.717, 1.165) is 11.9 Å². The van der Waals surface area contributed by atoms with Gasteiger partial charge in [-0.3, -0.25) is 9.59 Å². The molecule has 1 aromatic heterocycles. The Balaban J connectivity index is 1.74. The number of aryl methyl sites for hydroxylation is 1. The predicted octanol–water partition coefficient (Wildman–Crippen LogP) is 2.17. The van der Waals surface area contributed by atoms with Crippen molar-refractivity contribution in [3.05, 3.63) is 36.0 Å². The molecule has 5 nitrogen and oxygen atoms in total. The Hall–Kier alpha value is -2.30. The Bertz CT molecular complexity index is 619. The maximum absolute atomic E-state index is 11.5. The molecule has 0 saturated heterocycles. The standard InChI is InChI=1S/C16H20N2O3/c1-2-17-15(19)11-21-16(20)9-5-6-12-10-18-14-8-4-3-7-13(12)14/h3-4,7-8,10,18H,2,5-6,9,11H2,1H3,(H,17,19). The molecule has 0 aliphatic rings. The van der Waals surface area contributed by atoms with Crippen LogP contribution in [0.25, 0.3) is 10.9 Å². The van der Waals surface area contributed by atoms with E-state index in [0.29, 0.717) is 19.4 Å². The fourth-order valence-electron chi connectivity index (χ4n) is 2.23. The zero-order valence-corrected chi connectivity index (χ0v) is 12.1. The third kappa shape index (κ3) is 4.34. The van der Waals surface area contributed by atoms with E-state index in [2.05, 4.69) is 16.4 Å². The summed E-state index contributed by atoms with van der Waals surface area (Å²) in [6, 6.07) is 8.08. The number of amides is 1. The second-order valence-electron chi connectivity index (χ2n) is 4.83. The number of H-pyrrole nitrogens is 1. The Morgan fingerprint density at radius 1 is 1.29 bits per heavy atom. The first-order valence-corrected chi connectivity index (χ1v) is 7.18. The average Bonchev–Trinajstić information content (AvgIpc) is 2.89. The van der Waals surface area contributed by atoms with Gasteiger partial charge >= 0.3 is 5.97 Å². The topological polar surface area (TPSA) is 71.2 Å². The first-order valence-electron chi connectivity index (χ1n) is 7.18. The highest BCUT2D eigenvalue weighted by molar-refractivity contribution is 5.83. The number of hydrogen-bond donors (Lipinski definition) is 2. The van der Waals surface area contributed by atoms with Crippen molar-refractivity contribution in [2.75, 3.05) is 13.2 Å². The van der Waals surface area contributed by atoms with Gasteiger partial charge in [0.15, 0.2) is 6.61 Å². The zero-order valence-electron chi connectivity index (χ0n) is 12.1. The molecule has 2 aromatic rings. The molecular formula is C16H20N2O3. The molecule has 1 heterocycles. The fourth-order valence-corrected chi connectivity index (χ4v) is 2.23. The minimum Gasteiger partial charge on any atom is -0.456 e. The lowest BCUT2D eigenvalue weighted by Crippen LogP contribution is -2.28. The van der Waals surface area contributed by atoms with Crippen LogP contribution in [0, 0.1) is 0 Å². The number of carbonyl (C=O) groups is 2. The third-order valence-corrected chi connectivity index (χ3v) is 3.24. The summed E-state index contributed by atoms with van der Waals surface area (Å²) in [6.45, 7) is 2.16. The van der Waals surface area contributed by atoms with Crippen LogP contribution in [0.2, 0.25) is 0 Å². The average molecular weight is 288 g/mol. The molecule has 0 atom stereocenters. The summed E-state index contributed by atoms with van der Waals surface area (Å²) >= 11 is 0. The minimum absolute atomic E-state index is 0.195. The van der Waals surface area contributed by atoms with Crippen molar-refractivity contribution in [3.63, 3.8) is 0 Å². The summed E-state index contributed by atoms with van der Waals surface area (Å²) in [5.41, 5.74) is 2.30. The van der Waals surface area contributed by atoms with E-state index in [9.17, 15) is 9.59 Å². The van der Waals surface area contributed by atoms with Gasteiger partial charge in [0.25, 0.3) is 5.91 Å². The van der Waals surface area contributed by atoms with Gasteiger partial charge in [0.05, 0.1) is 0 Å². The number of nitrogens with one attached hydrogen (secondary N) is 2. The summed E-state index contributed by atoms with van der Waals surface area (Å²) in [6.07, 6.45) is 3.81. The van der Waals surface area contributed by atoms with Crippen LogP contribution in [0.5, 0.6) is 0 Å². The van der Waals surface area contributed by atoms with E-state index in [1.165, 1.54) is 10.9 Å². The number of likely N-dealkylation sites (N-methyl/N-ethyl adjacent to an activating group) is 1. The summed E-state index contributed by atoms with van der Waals surface area (Å²) < 4.78 is 4.90. The van der Waals surface area contributed by atoms with Crippen molar-refractivity contribution in [2.24, 2.45) is 0 Å². The number of esters is 1. The van der Waals surface area contributed by atoms with Crippen LogP contribution in [0.4, 0.5) is 0 Å². The van der Waals surface area contributed by atoms with Crippen LogP contribution in [0.1, 0.15) is 25.3 Å². The molecule has 112 valence electrons. The summed E-state index contributed by atoms with van der Waals surface area (Å²) in [5, 5.41) is 3.77. The number of fused-ring (bicyclic) bond motifs is 1. The lowest BCUT2D eigenvalue weighted by molar-refractivity contribution is -0.148. The molecule has 5 heteroatoms. The fraction of sp³-hybridized carbons (Fsp3) is 0.375. The molecule has 1 aromatic carbocycles. The zero-order chi connectivity index (χ0) is 15.1. The number of hydrogen-bond acceptors (Lipinski definition) is 3. The van der Waals surface area contributed by atoms with E-state index in [4.69, 9.17) is 4.74 Å². The Morgan fingerprint density at radius 2 is 2.10 bits per heavy atom. The van der Waals surface area contributed by atoms with Crippen LogP contribution >= 0.6 is 0 Å². The number of aromatic amines is 1. The largest absolute Gasteiger partial charge is 0.456 e. The van der Waals surface area contributed by atoms with E-state index < -0.39 is 0 Å². The van der Waals surface area contributed by atoms with Gasteiger partial charge < -0.3 is 15.0 Å². The molecule has 0 radical (unpaired) electrons. The Labute approximate surface area is 123 Å². The van der Waals surface area contributed by atoms with Crippen LogP contribution in [-0.2, 0) is 20.7 Å². The summed E-state index contributed by atoms with van der Waals surface area (Å²) in [5.74, 6) is -0.594. The molecule has 0 fully saturated rings. The van der Waals surface area contributed by atoms with Gasteiger partial charge in [0, 0.05) is 30.1 Å². The highest BCUT2D eigenvalue weighted by Crippen LogP contribution is 2.19. The second-order valence-corrected chi connectivity index (χ2v) is 4.83. The van der Waals surface area contributed by atoms with Crippen molar-refractivity contribution in [1.29, 1.82) is 0 Å². The smallest absolute Gasteiger partial charge is 0.306 e. The second kappa shape index (κ2) is 7.47. The van der Waals surface area contributed by atoms with Crippen LogP contribution in [0.15, 0.2) is 30.5 Å². The minimum atomic E-state index is -0.332. The molecule has 2 N–H and O–H groups in total. The number of rotatable bonds is 7. The molecule has 0 aliphatic heterocycles. The van der Waals surface area contributed by atoms with Gasteiger partial charge in [-0.15, -0.1) is 0 Å². The van der Waals surface area contributed by atoms with Gasteiger partial charge in [-0.2, -0.15) is 0 Å². The monoisotopic (exact) mass is 288 g/mol. The van der Waals surface area contributed by atoms with Crippen molar-refractivity contribution < 1.29 is 14.3 Å². The molecule has 21 heavy (non-hydrogen) atoms. The van der Waals surface area contributed by atoms with Crippen LogP contribution < -0.4 is 5.32 Å². The van der Waals surface area contributed by atoms with E-state index in [1.54, 1.807) is 0 Å². The first kappa shape index (κ1) is 15.1. The SMILES string of the molecule is CCNC(=O)COC(=O)CCCc1c[nH]c2ccccc12. The van der Waals surface area contributed by atoms with Crippen molar-refractivity contribution in [2.45, 2.75) is 26.2 Å². The van der Waals surface area contributed by atoms with Gasteiger partial charge in [0.1, 0.15) is 0 Å². The van der Waals surface area contributed by atoms with Crippen LogP contribution in [0.3, 0.4) is 0 Å². The molecule has 2 rings (SSSR count). The molecule has 0 saturated carbocycles. The van der Waals surface area contributed by atoms with Crippen molar-refractivity contribution in [1.82, 2.24) is 10.3 Å². The summed E-state index contributed by atoms with van der Waals surface area (Å²) in [4.78, 5) is 25.9. The summed E-state index contributed by atoms with van der Waals surface area (Å²) in [7, 11) is 0. The Kier molecular flexibility index (Phi) is 5.37. The first-order chi connectivity index (χ1) is 10.2. The predicted molar refractivity (Wildman–Crippen MR) is 80.9 cm³/mol. The van der Waals surface area contributed by atoms with E-state index in [1.807, 2.05) is 31.3 Å². The molecule has 0 spiro atoms. The van der Waals surface area contributed by atoms with E-state index in [-0.39, 0.29) is 18.5 Å². The van der Waals surface area contributed by atoms with Crippen molar-refractivity contribution in [3.8, 4) is 0 Å². The van der Waals surface area contributed by atoms with Gasteiger partial charge in [-0.1, -0.05) is 18.2 Å². The van der Waals surface area contributed by atoms with Gasteiger partial charge in [-0.05, 0) is 31.4 Å². The van der Waals surface area contributed by atoms with Crippen LogP contribution in [-0.4, -0.2) is 30.0 Å². The Morgan fingerprint density at radius 3 is 2.90 bits per heavy atom. The number of ether oxygens (including phenoxy) is 1. The number of benzene rings is 1. The third-order valence-electron chi connectivity index (χ3n) is 3.24. The number of aromatic nitrogens is 1. The van der Waals surface area contributed by atoms with Gasteiger partial charge in [-0.25, -0.2) is 0 Å². The number of para-hydroxylation sites is 1. The van der Waals surface area contributed by atoms with Gasteiger partial charge in [0.2, 0.25) is 0 Å².